The summed E-state index contributed by atoms with van der Waals surface area (Å²) in [7, 11) is -1.95. The number of methoxy groups -OCH3 is 2. The number of benzene rings is 6. The summed E-state index contributed by atoms with van der Waals surface area (Å²) in [6.07, 6.45) is -4.15. The van der Waals surface area contributed by atoms with Crippen LogP contribution in [0.1, 0.15) is 113 Å². The number of aromatic nitrogens is 10. The zero-order valence-corrected chi connectivity index (χ0v) is 59.7. The number of nitrogens with zero attached hydrogens (tertiary/aromatic N) is 8. The maximum atomic E-state index is 16.2. The second-order valence-electron chi connectivity index (χ2n) is 25.7. The van der Waals surface area contributed by atoms with Gasteiger partial charge in [-0.15, -0.1) is 0 Å². The molecule has 1 unspecified atom stereocenters. The fraction of sp³-hybridized carbons (Fsp3) is 0.297. The minimum Gasteiger partial charge on any atom is -0.497 e. The van der Waals surface area contributed by atoms with Crippen LogP contribution >= 0.6 is 31.0 Å². The van der Waals surface area contributed by atoms with Crippen molar-refractivity contribution in [3.63, 3.8) is 0 Å². The molecule has 28 nitrogen and oxygen atoms in total. The van der Waals surface area contributed by atoms with E-state index < -0.39 is 110 Å². The van der Waals surface area contributed by atoms with E-state index in [0.29, 0.717) is 39.4 Å². The number of nitrogens with one attached hydrogen (secondary N) is 4. The number of phosphoric ester groups is 1. The van der Waals surface area contributed by atoms with Crippen LogP contribution in [0, 0.1) is 25.8 Å². The van der Waals surface area contributed by atoms with Gasteiger partial charge >= 0.3 is 13.5 Å². The fourth-order valence-corrected chi connectivity index (χ4v) is 15.2. The molecular weight excluding hydrogens is 1410 g/mol. The second-order valence-corrected chi connectivity index (χ2v) is 28.0. The van der Waals surface area contributed by atoms with Gasteiger partial charge in [-0.05, 0) is 102 Å². The first-order chi connectivity index (χ1) is 50.7. The lowest BCUT2D eigenvalue weighted by Crippen LogP contribution is -2.37. The maximum Gasteiger partial charge on any atom is 0.530 e. The van der Waals surface area contributed by atoms with E-state index in [1.165, 1.54) is 42.5 Å². The molecule has 3 saturated heterocycles. The molecular formula is C74H70Cl2N12O16P. The Kier molecular flexibility index (Phi) is 20.6. The number of amides is 2. The van der Waals surface area contributed by atoms with Gasteiger partial charge in [0.15, 0.2) is 28.1 Å². The van der Waals surface area contributed by atoms with Crippen molar-refractivity contribution in [2.45, 2.75) is 108 Å². The van der Waals surface area contributed by atoms with Crippen LogP contribution in [-0.2, 0) is 43.0 Å². The number of fused-ring (bicyclic) bond motifs is 2. The molecule has 0 bridgehead atoms. The number of aliphatic hydroxyl groups excluding tert-OH is 1. The third-order valence-electron chi connectivity index (χ3n) is 18.8. The molecule has 3 aliphatic heterocycles. The topological polar surface area (TPSA) is 341 Å². The molecule has 14 rings (SSSR count). The summed E-state index contributed by atoms with van der Waals surface area (Å²) in [5, 5.41) is 17.3. The number of imidazole rings is 2. The Morgan fingerprint density at radius 2 is 1.34 bits per heavy atom. The monoisotopic (exact) mass is 1480 g/mol. The molecule has 5 aromatic heterocycles. The van der Waals surface area contributed by atoms with Crippen molar-refractivity contribution in [3.05, 3.63) is 257 Å². The van der Waals surface area contributed by atoms with Crippen molar-refractivity contribution in [1.82, 2.24) is 48.6 Å². The molecule has 0 spiro atoms. The maximum absolute atomic E-state index is 16.2. The quantitative estimate of drug-likeness (QED) is 0.0277. The molecule has 8 heterocycles. The Hall–Kier alpha value is -10.2. The minimum absolute atomic E-state index is 0.0110. The lowest BCUT2D eigenvalue weighted by Gasteiger charge is -2.37. The average molecular weight is 1490 g/mol. The normalized spacial score (nSPS) is 20.9. The van der Waals surface area contributed by atoms with Crippen molar-refractivity contribution in [3.8, 4) is 17.2 Å². The summed E-state index contributed by atoms with van der Waals surface area (Å²) >= 11 is 14.1. The van der Waals surface area contributed by atoms with Gasteiger partial charge in [0.05, 0.1) is 62.3 Å². The van der Waals surface area contributed by atoms with Gasteiger partial charge < -0.3 is 43.4 Å². The van der Waals surface area contributed by atoms with Gasteiger partial charge in [0, 0.05) is 54.5 Å². The number of ether oxygens (including phenoxy) is 6. The number of hydrogen-bond donors (Lipinski definition) is 5. The molecule has 2 amide bonds. The van der Waals surface area contributed by atoms with Crippen molar-refractivity contribution in [2.75, 3.05) is 38.1 Å². The number of para-hydroxylation sites is 1. The standard InChI is InChI=1S/C74H70Cl2N12O16P/c1-40(2)68(90)83-72-82-67-63(71(93)84-72)80-39-88(67)60-33-55(104-105(95,103-54-20-14-13-19-52(54)76)99-36-57-53(89)32-59(101-57)86-34-41(3)69(91)85-73(86)94)64(102-60)61-42(4)51(75)30-29-49(61)50-31-58(87-38-79-62-65(77-37-78-66(62)87)81-70(92)43-15-9-7-10-16-43)100-56(50)35-98-74(44-17-11-8-12-18-44,45-21-25-47(96-5)26-22-45)46-23-27-48(97-6)28-24-46/h7-29,34,37-40,50,53,55-60,64,89H,31-33,35-36H2,1-6H3,(H,85,91,94)(H,77,78,81,92)(H2,82,83,84,90,93)/t50-,53-,55-,56-,57+,58+,59+,60+,64-,105?/m0/s1. The first-order valence-corrected chi connectivity index (χ1v) is 35.8. The summed E-state index contributed by atoms with van der Waals surface area (Å²) in [5.74, 6) is -1.04. The third-order valence-corrected chi connectivity index (χ3v) is 21.0. The van der Waals surface area contributed by atoms with Crippen molar-refractivity contribution in [2.24, 2.45) is 5.92 Å². The summed E-state index contributed by atoms with van der Waals surface area (Å²) < 4.78 is 80.0. The molecule has 105 heavy (non-hydrogen) atoms. The minimum atomic E-state index is -5.13. The second kappa shape index (κ2) is 30.1. The molecule has 6 aromatic carbocycles. The van der Waals surface area contributed by atoms with Crippen LogP contribution in [0.5, 0.6) is 17.2 Å². The molecule has 11 aromatic rings. The number of aryl methyl sites for hydroxylation is 1. The molecule has 5 N–H and O–H groups in total. The lowest BCUT2D eigenvalue weighted by atomic mass is 9.79. The van der Waals surface area contributed by atoms with E-state index in [1.54, 1.807) is 94.4 Å². The van der Waals surface area contributed by atoms with Gasteiger partial charge in [-0.25, -0.2) is 29.3 Å². The van der Waals surface area contributed by atoms with Crippen LogP contribution in [0.25, 0.3) is 22.3 Å². The van der Waals surface area contributed by atoms with Gasteiger partial charge in [0.1, 0.15) is 66.2 Å². The van der Waals surface area contributed by atoms with E-state index in [9.17, 15) is 29.1 Å². The van der Waals surface area contributed by atoms with Crippen molar-refractivity contribution < 1.29 is 61.3 Å². The predicted octanol–water partition coefficient (Wildman–Crippen LogP) is 11.4. The molecule has 31 heteroatoms. The largest absolute Gasteiger partial charge is 0.530 e. The number of aliphatic hydroxyl groups is 1. The van der Waals surface area contributed by atoms with Gasteiger partial charge in [0.25, 0.3) is 17.0 Å². The first kappa shape index (κ1) is 71.7. The number of H-pyrrole nitrogens is 2. The third kappa shape index (κ3) is 14.5. The van der Waals surface area contributed by atoms with E-state index in [0.717, 1.165) is 21.3 Å². The molecule has 541 valence electrons. The number of aromatic amines is 2. The van der Waals surface area contributed by atoms with Crippen LogP contribution < -0.4 is 41.4 Å². The number of anilines is 2. The van der Waals surface area contributed by atoms with Crippen LogP contribution in [-0.4, -0.2) is 117 Å². The summed E-state index contributed by atoms with van der Waals surface area (Å²) in [6, 6.07) is 44.7. The Morgan fingerprint density at radius 1 is 0.714 bits per heavy atom. The van der Waals surface area contributed by atoms with Gasteiger partial charge in [0.2, 0.25) is 11.9 Å². The van der Waals surface area contributed by atoms with E-state index in [-0.39, 0.29) is 75.7 Å². The van der Waals surface area contributed by atoms with Crippen LogP contribution in [0.3, 0.4) is 0 Å². The molecule has 10 atom stereocenters. The zero-order chi connectivity index (χ0) is 73.4. The number of carbonyl (C=O) groups excluding carboxylic acids is 2. The molecule has 3 fully saturated rings. The summed E-state index contributed by atoms with van der Waals surface area (Å²) in [5.41, 5.74) is 1.19. The number of carbonyl (C=O) groups is 2. The molecule has 1 radical (unpaired) electrons. The van der Waals surface area contributed by atoms with E-state index in [4.69, 9.17) is 75.2 Å². The molecule has 0 saturated carbocycles. The van der Waals surface area contributed by atoms with E-state index in [2.05, 4.69) is 41.6 Å². The van der Waals surface area contributed by atoms with Crippen LogP contribution in [0.4, 0.5) is 11.8 Å². The summed E-state index contributed by atoms with van der Waals surface area (Å²) in [4.78, 5) is 94.1. The highest BCUT2D eigenvalue weighted by Gasteiger charge is 2.50. The van der Waals surface area contributed by atoms with E-state index in [1.807, 2.05) is 78.9 Å². The Labute approximate surface area is 609 Å². The van der Waals surface area contributed by atoms with Crippen LogP contribution in [0.2, 0.25) is 10.0 Å². The first-order valence-electron chi connectivity index (χ1n) is 33.5. The number of halogens is 2. The average Bonchev–Trinajstić information content (AvgIpc) is 1.62. The lowest BCUT2D eigenvalue weighted by molar-refractivity contribution is -0.118. The number of phosphoric acid groups is 1. The highest BCUT2D eigenvalue weighted by atomic mass is 35.5. The molecule has 0 aliphatic carbocycles. The summed E-state index contributed by atoms with van der Waals surface area (Å²) in [6.45, 7) is 5.82. The highest BCUT2D eigenvalue weighted by molar-refractivity contribution is 7.49. The van der Waals surface area contributed by atoms with Gasteiger partial charge in [-0.3, -0.25) is 57.2 Å². The molecule has 3 aliphatic rings. The van der Waals surface area contributed by atoms with E-state index >= 15 is 4.57 Å². The Balaban J connectivity index is 0.905. The number of hydrogen-bond acceptors (Lipinski definition) is 21. The van der Waals surface area contributed by atoms with Crippen molar-refractivity contribution >= 4 is 76.9 Å². The van der Waals surface area contributed by atoms with Crippen molar-refractivity contribution in [1.29, 1.82) is 0 Å². The Morgan fingerprint density at radius 3 is 2.03 bits per heavy atom. The zero-order valence-electron chi connectivity index (χ0n) is 57.2. The predicted molar refractivity (Wildman–Crippen MR) is 384 cm³/mol. The fourth-order valence-electron chi connectivity index (χ4n) is 13.4. The highest BCUT2D eigenvalue weighted by Crippen LogP contribution is 2.58. The Bertz CT molecular complexity index is 5230. The van der Waals surface area contributed by atoms with Crippen LogP contribution in [0.15, 0.2) is 179 Å². The van der Waals surface area contributed by atoms with Gasteiger partial charge in [-0.2, -0.15) is 4.98 Å². The SMILES string of the molecule is COc1ccc(C(OC[C@@H]2O[C@@H](n3cnc4c(NC(=O)c5ccccc5)ncnc43)C[C@H]2c2c[c]c(Cl)c(C)c2[C@H]2O[C@@H](n3cnc4c(=O)[nH]c(NC(=O)C(C)C)nc43)C[C@@H]2OP(=O)(OC[C@H]2O[C@@H](n3cc(C)c(=O)[nH]c3=O)C[C@@H]2O)Oc2ccccc2Cl)(c2ccccc2)c2ccc(OC)cc2)cc1. The smallest absolute Gasteiger partial charge is 0.497 e. The number of rotatable bonds is 24. The van der Waals surface area contributed by atoms with Gasteiger partial charge in [-0.1, -0.05) is 122 Å².